The Morgan fingerprint density at radius 1 is 1.15 bits per heavy atom. The van der Waals surface area contributed by atoms with Crippen LogP contribution in [-0.4, -0.2) is 46.7 Å². The second kappa shape index (κ2) is 10.4. The van der Waals surface area contributed by atoms with Crippen LogP contribution in [0.4, 0.5) is 0 Å². The van der Waals surface area contributed by atoms with Gasteiger partial charge >= 0.3 is 0 Å². The molecule has 180 valence electrons. The van der Waals surface area contributed by atoms with E-state index in [1.165, 1.54) is 34.6 Å². The lowest BCUT2D eigenvalue weighted by atomic mass is 9.99. The molecule has 1 fully saturated rings. The zero-order valence-electron chi connectivity index (χ0n) is 18.0. The van der Waals surface area contributed by atoms with E-state index < -0.39 is 26.0 Å². The summed E-state index contributed by atoms with van der Waals surface area (Å²) in [6.07, 6.45) is 1.11. The minimum Gasteiger partial charge on any atom is -0.492 e. The number of hydrogen-bond acceptors (Lipinski definition) is 6. The Labute approximate surface area is 199 Å². The molecular formula is C21H26ClN3O6S2. The molecule has 2 aromatic rings. The van der Waals surface area contributed by atoms with Crippen molar-refractivity contribution < 1.29 is 26.4 Å². The van der Waals surface area contributed by atoms with E-state index in [0.29, 0.717) is 37.3 Å². The number of carbonyl (C=O) groups is 1. The molecule has 3 N–H and O–H groups in total. The Kier molecular flexibility index (Phi) is 8.01. The first kappa shape index (κ1) is 25.4. The van der Waals surface area contributed by atoms with Gasteiger partial charge in [0.1, 0.15) is 5.75 Å². The molecule has 2 aromatic carbocycles. The molecule has 1 atom stereocenters. The molecule has 0 spiro atoms. The zero-order chi connectivity index (χ0) is 24.2. The summed E-state index contributed by atoms with van der Waals surface area (Å²) in [4.78, 5) is 12.7. The summed E-state index contributed by atoms with van der Waals surface area (Å²) in [6, 6.07) is 10.2. The first-order valence-electron chi connectivity index (χ1n) is 10.3. The number of carbonyl (C=O) groups excluding carboxylic acids is 1. The first-order valence-corrected chi connectivity index (χ1v) is 13.7. The molecule has 3 rings (SSSR count). The Morgan fingerprint density at radius 2 is 1.82 bits per heavy atom. The van der Waals surface area contributed by atoms with E-state index in [0.717, 1.165) is 0 Å². The van der Waals surface area contributed by atoms with Crippen LogP contribution in [0.2, 0.25) is 5.02 Å². The lowest BCUT2D eigenvalue weighted by Crippen LogP contribution is -2.45. The van der Waals surface area contributed by atoms with Crippen LogP contribution in [0.1, 0.15) is 25.3 Å². The molecule has 0 aliphatic carbocycles. The maximum atomic E-state index is 13.1. The number of hydrogen-bond donors (Lipinski definition) is 2. The van der Waals surface area contributed by atoms with Gasteiger partial charge in [0, 0.05) is 19.6 Å². The molecule has 0 unspecified atom stereocenters. The highest BCUT2D eigenvalue weighted by Crippen LogP contribution is 2.30. The Morgan fingerprint density at radius 3 is 2.42 bits per heavy atom. The Bertz CT molecular complexity index is 1220. The molecule has 12 heteroatoms. The monoisotopic (exact) mass is 515 g/mol. The van der Waals surface area contributed by atoms with E-state index in [1.807, 2.05) is 0 Å². The van der Waals surface area contributed by atoms with E-state index in [-0.39, 0.29) is 33.8 Å². The standard InChI is InChI=1S/C21H26ClN3O6S2/c1-2-31-20-10-9-18(12-19(20)22)33(29,30)25-11-3-4-16(14-25)21(26)24-13-15-5-7-17(8-6-15)32(23,27)28/h5-10,12,16H,2-4,11,13-14H2,1H3,(H,24,26)(H2,23,27,28)/t16-/m0/s1. The third-order valence-electron chi connectivity index (χ3n) is 5.31. The fraction of sp³-hybridized carbons (Fsp3) is 0.381. The van der Waals surface area contributed by atoms with Crippen LogP contribution in [0, 0.1) is 5.92 Å². The summed E-state index contributed by atoms with van der Waals surface area (Å²) < 4.78 is 55.5. The Balaban J connectivity index is 1.64. The van der Waals surface area contributed by atoms with Crippen LogP contribution in [-0.2, 0) is 31.4 Å². The average molecular weight is 516 g/mol. The minimum atomic E-state index is -3.82. The van der Waals surface area contributed by atoms with Crippen LogP contribution in [0.3, 0.4) is 0 Å². The summed E-state index contributed by atoms with van der Waals surface area (Å²) in [6.45, 7) is 2.77. The number of sulfonamides is 2. The number of benzene rings is 2. The topological polar surface area (TPSA) is 136 Å². The number of amides is 1. The van der Waals surface area contributed by atoms with Gasteiger partial charge in [-0.05, 0) is 55.7 Å². The van der Waals surface area contributed by atoms with Crippen molar-refractivity contribution in [1.82, 2.24) is 9.62 Å². The molecule has 0 saturated carbocycles. The van der Waals surface area contributed by atoms with Gasteiger partial charge in [-0.25, -0.2) is 22.0 Å². The molecule has 1 heterocycles. The van der Waals surface area contributed by atoms with Gasteiger partial charge in [0.25, 0.3) is 0 Å². The van der Waals surface area contributed by atoms with Gasteiger partial charge < -0.3 is 10.1 Å². The van der Waals surface area contributed by atoms with Crippen molar-refractivity contribution in [2.45, 2.75) is 36.1 Å². The summed E-state index contributed by atoms with van der Waals surface area (Å²) in [5, 5.41) is 8.08. The van der Waals surface area contributed by atoms with E-state index >= 15 is 0 Å². The van der Waals surface area contributed by atoms with Crippen molar-refractivity contribution in [1.29, 1.82) is 0 Å². The number of nitrogens with two attached hydrogens (primary N) is 1. The highest BCUT2D eigenvalue weighted by atomic mass is 35.5. The highest BCUT2D eigenvalue weighted by molar-refractivity contribution is 7.89. The van der Waals surface area contributed by atoms with E-state index in [2.05, 4.69) is 5.32 Å². The van der Waals surface area contributed by atoms with Crippen molar-refractivity contribution in [3.8, 4) is 5.75 Å². The molecule has 1 aliphatic rings. The summed E-state index contributed by atoms with van der Waals surface area (Å²) >= 11 is 6.15. The molecule has 0 bridgehead atoms. The van der Waals surface area contributed by atoms with E-state index in [4.69, 9.17) is 21.5 Å². The number of ether oxygens (including phenoxy) is 1. The second-order valence-electron chi connectivity index (χ2n) is 7.63. The molecule has 9 nitrogen and oxygen atoms in total. The summed E-state index contributed by atoms with van der Waals surface area (Å²) in [5.74, 6) is -0.364. The van der Waals surface area contributed by atoms with Gasteiger partial charge in [0.05, 0.1) is 27.3 Å². The molecular weight excluding hydrogens is 490 g/mol. The molecule has 33 heavy (non-hydrogen) atoms. The fourth-order valence-corrected chi connectivity index (χ4v) is 5.93. The molecule has 0 radical (unpaired) electrons. The van der Waals surface area contributed by atoms with Gasteiger partial charge in [-0.1, -0.05) is 23.7 Å². The van der Waals surface area contributed by atoms with Crippen molar-refractivity contribution in [2.75, 3.05) is 19.7 Å². The predicted molar refractivity (Wildman–Crippen MR) is 124 cm³/mol. The maximum absolute atomic E-state index is 13.1. The number of rotatable bonds is 8. The third kappa shape index (κ3) is 6.24. The number of nitrogens with one attached hydrogen (secondary N) is 1. The van der Waals surface area contributed by atoms with Gasteiger partial charge in [-0.15, -0.1) is 0 Å². The summed E-state index contributed by atoms with van der Waals surface area (Å²) in [7, 11) is -7.61. The van der Waals surface area contributed by atoms with Crippen molar-refractivity contribution in [3.05, 3.63) is 53.1 Å². The number of halogens is 1. The van der Waals surface area contributed by atoms with Gasteiger partial charge in [0.15, 0.2) is 0 Å². The van der Waals surface area contributed by atoms with Crippen LogP contribution in [0.15, 0.2) is 52.3 Å². The Hall–Kier alpha value is -2.18. The maximum Gasteiger partial charge on any atom is 0.243 e. The van der Waals surface area contributed by atoms with Crippen molar-refractivity contribution >= 4 is 37.6 Å². The average Bonchev–Trinajstić information content (AvgIpc) is 2.78. The molecule has 1 amide bonds. The molecule has 1 aliphatic heterocycles. The quantitative estimate of drug-likeness (QED) is 0.552. The normalized spacial score (nSPS) is 17.5. The van der Waals surface area contributed by atoms with Crippen molar-refractivity contribution in [2.24, 2.45) is 11.1 Å². The number of piperidine rings is 1. The number of nitrogens with zero attached hydrogens (tertiary/aromatic N) is 1. The van der Waals surface area contributed by atoms with E-state index in [1.54, 1.807) is 19.1 Å². The van der Waals surface area contributed by atoms with Crippen LogP contribution < -0.4 is 15.2 Å². The largest absolute Gasteiger partial charge is 0.492 e. The second-order valence-corrected chi connectivity index (χ2v) is 11.5. The fourth-order valence-electron chi connectivity index (χ4n) is 3.57. The highest BCUT2D eigenvalue weighted by Gasteiger charge is 2.33. The van der Waals surface area contributed by atoms with Crippen molar-refractivity contribution in [3.63, 3.8) is 0 Å². The lowest BCUT2D eigenvalue weighted by molar-refractivity contribution is -0.126. The first-order chi connectivity index (χ1) is 15.5. The number of primary sulfonamides is 1. The molecule has 0 aromatic heterocycles. The van der Waals surface area contributed by atoms with Crippen LogP contribution in [0.5, 0.6) is 5.75 Å². The van der Waals surface area contributed by atoms with Gasteiger partial charge in [-0.3, -0.25) is 4.79 Å². The smallest absolute Gasteiger partial charge is 0.243 e. The third-order valence-corrected chi connectivity index (χ3v) is 8.40. The molecule has 1 saturated heterocycles. The predicted octanol–water partition coefficient (Wildman–Crippen LogP) is 2.10. The van der Waals surface area contributed by atoms with Gasteiger partial charge in [0.2, 0.25) is 26.0 Å². The van der Waals surface area contributed by atoms with E-state index in [9.17, 15) is 21.6 Å². The zero-order valence-corrected chi connectivity index (χ0v) is 20.4. The van der Waals surface area contributed by atoms with Gasteiger partial charge in [-0.2, -0.15) is 4.31 Å². The van der Waals surface area contributed by atoms with Crippen LogP contribution in [0.25, 0.3) is 0 Å². The minimum absolute atomic E-state index is 0.0138. The van der Waals surface area contributed by atoms with Crippen LogP contribution >= 0.6 is 11.6 Å². The SMILES string of the molecule is CCOc1ccc(S(=O)(=O)N2CCC[C@H](C(=O)NCc3ccc(S(N)(=O)=O)cc3)C2)cc1Cl. The lowest BCUT2D eigenvalue weighted by Gasteiger charge is -2.31. The summed E-state index contributed by atoms with van der Waals surface area (Å²) in [5.41, 5.74) is 0.695.